The second kappa shape index (κ2) is 4.43. The van der Waals surface area contributed by atoms with Crippen LogP contribution in [-0.4, -0.2) is 30.2 Å². The van der Waals surface area contributed by atoms with Gasteiger partial charge in [-0.3, -0.25) is 10.1 Å². The predicted octanol–water partition coefficient (Wildman–Crippen LogP) is 0.0705. The molecule has 0 saturated heterocycles. The molecule has 84 valence electrons. The number of hydrogen-bond donors (Lipinski definition) is 2. The van der Waals surface area contributed by atoms with E-state index in [4.69, 9.17) is 4.42 Å². The SMILES string of the molecule is O=[N+]([O-])c1ccc(/C=N\NC2=NCCN2)o1. The molecule has 0 radical (unpaired) electrons. The van der Waals surface area contributed by atoms with Gasteiger partial charge in [0.15, 0.2) is 5.76 Å². The summed E-state index contributed by atoms with van der Waals surface area (Å²) >= 11 is 0. The predicted molar refractivity (Wildman–Crippen MR) is 56.4 cm³/mol. The lowest BCUT2D eigenvalue weighted by molar-refractivity contribution is -0.402. The van der Waals surface area contributed by atoms with Crippen molar-refractivity contribution >= 4 is 18.1 Å². The van der Waals surface area contributed by atoms with Crippen molar-refractivity contribution in [3.8, 4) is 0 Å². The molecule has 1 aromatic heterocycles. The van der Waals surface area contributed by atoms with Crippen molar-refractivity contribution in [3.63, 3.8) is 0 Å². The van der Waals surface area contributed by atoms with E-state index in [2.05, 4.69) is 20.8 Å². The quantitative estimate of drug-likeness (QED) is 0.428. The van der Waals surface area contributed by atoms with Crippen molar-refractivity contribution in [1.29, 1.82) is 0 Å². The molecular weight excluding hydrogens is 214 g/mol. The van der Waals surface area contributed by atoms with Gasteiger partial charge >= 0.3 is 5.88 Å². The fraction of sp³-hybridized carbons (Fsp3) is 0.250. The smallest absolute Gasteiger partial charge is 0.400 e. The molecule has 2 heterocycles. The van der Waals surface area contributed by atoms with Crippen molar-refractivity contribution in [2.75, 3.05) is 13.1 Å². The van der Waals surface area contributed by atoms with E-state index in [1.807, 2.05) is 0 Å². The molecule has 0 aliphatic carbocycles. The normalized spacial score (nSPS) is 14.9. The molecule has 2 rings (SSSR count). The number of guanidine groups is 1. The summed E-state index contributed by atoms with van der Waals surface area (Å²) in [5, 5.41) is 17.1. The van der Waals surface area contributed by atoms with Crippen LogP contribution in [0.2, 0.25) is 0 Å². The summed E-state index contributed by atoms with van der Waals surface area (Å²) in [6, 6.07) is 2.74. The highest BCUT2D eigenvalue weighted by Crippen LogP contribution is 2.13. The number of nitrogens with one attached hydrogen (secondary N) is 2. The summed E-state index contributed by atoms with van der Waals surface area (Å²) in [5.74, 6) is 0.577. The molecule has 0 saturated carbocycles. The zero-order chi connectivity index (χ0) is 11.4. The van der Waals surface area contributed by atoms with Crippen LogP contribution in [-0.2, 0) is 0 Å². The van der Waals surface area contributed by atoms with Gasteiger partial charge < -0.3 is 9.73 Å². The van der Waals surface area contributed by atoms with E-state index in [0.29, 0.717) is 18.3 Å². The van der Waals surface area contributed by atoms with Gasteiger partial charge in [-0.25, -0.2) is 10.4 Å². The Hall–Kier alpha value is -2.38. The summed E-state index contributed by atoms with van der Waals surface area (Å²) in [4.78, 5) is 13.8. The Morgan fingerprint density at radius 2 is 2.56 bits per heavy atom. The first-order chi connectivity index (χ1) is 7.75. The maximum absolute atomic E-state index is 10.3. The van der Waals surface area contributed by atoms with Crippen LogP contribution < -0.4 is 10.7 Å². The van der Waals surface area contributed by atoms with E-state index >= 15 is 0 Å². The summed E-state index contributed by atoms with van der Waals surface area (Å²) in [5.41, 5.74) is 2.65. The standard InChI is InChI=1S/C8H9N5O3/c14-13(15)7-2-1-6(16-7)5-11-12-8-9-3-4-10-8/h1-2,5H,3-4H2,(H2,9,10,12)/b11-5-. The third kappa shape index (κ3) is 2.35. The summed E-state index contributed by atoms with van der Waals surface area (Å²) in [6.07, 6.45) is 1.34. The van der Waals surface area contributed by atoms with E-state index in [0.717, 1.165) is 6.54 Å². The van der Waals surface area contributed by atoms with Crippen molar-refractivity contribution in [2.45, 2.75) is 0 Å². The molecule has 0 amide bonds. The highest BCUT2D eigenvalue weighted by molar-refractivity contribution is 5.83. The monoisotopic (exact) mass is 223 g/mol. The number of rotatable bonds is 3. The molecule has 16 heavy (non-hydrogen) atoms. The Bertz CT molecular complexity index is 450. The van der Waals surface area contributed by atoms with Crippen LogP contribution in [0.25, 0.3) is 0 Å². The lowest BCUT2D eigenvalue weighted by atomic mass is 10.5. The van der Waals surface area contributed by atoms with Crippen molar-refractivity contribution in [1.82, 2.24) is 10.7 Å². The molecule has 8 nitrogen and oxygen atoms in total. The first-order valence-electron chi connectivity index (χ1n) is 4.57. The van der Waals surface area contributed by atoms with Crippen LogP contribution in [0.3, 0.4) is 0 Å². The van der Waals surface area contributed by atoms with Crippen LogP contribution in [0.1, 0.15) is 5.76 Å². The molecule has 2 N–H and O–H groups in total. The average Bonchev–Trinajstić information content (AvgIpc) is 2.87. The molecule has 0 atom stereocenters. The summed E-state index contributed by atoms with van der Waals surface area (Å²) in [7, 11) is 0. The average molecular weight is 223 g/mol. The van der Waals surface area contributed by atoms with Gasteiger partial charge in [0.2, 0.25) is 5.96 Å². The van der Waals surface area contributed by atoms with Crippen molar-refractivity contribution < 1.29 is 9.34 Å². The molecule has 1 aliphatic heterocycles. The molecule has 0 aromatic carbocycles. The van der Waals surface area contributed by atoms with Gasteiger partial charge in [-0.2, -0.15) is 5.10 Å². The largest absolute Gasteiger partial charge is 0.433 e. The second-order valence-electron chi connectivity index (χ2n) is 2.96. The molecule has 1 aromatic rings. The fourth-order valence-electron chi connectivity index (χ4n) is 1.14. The Kier molecular flexibility index (Phi) is 2.81. The highest BCUT2D eigenvalue weighted by Gasteiger charge is 2.10. The Labute approximate surface area is 90.2 Å². The van der Waals surface area contributed by atoms with Gasteiger partial charge in [0.1, 0.15) is 4.92 Å². The molecule has 0 spiro atoms. The Morgan fingerprint density at radius 1 is 1.69 bits per heavy atom. The minimum Gasteiger partial charge on any atom is -0.400 e. The first-order valence-corrected chi connectivity index (χ1v) is 4.57. The minimum absolute atomic E-state index is 0.304. The number of hydrogen-bond acceptors (Lipinski definition) is 7. The van der Waals surface area contributed by atoms with E-state index in [1.54, 1.807) is 0 Å². The van der Waals surface area contributed by atoms with E-state index in [1.165, 1.54) is 18.3 Å². The van der Waals surface area contributed by atoms with Crippen molar-refractivity contribution in [2.24, 2.45) is 10.1 Å². The zero-order valence-electron chi connectivity index (χ0n) is 8.21. The van der Waals surface area contributed by atoms with Crippen LogP contribution in [0.15, 0.2) is 26.6 Å². The number of nitrogens with zero attached hydrogens (tertiary/aromatic N) is 3. The summed E-state index contributed by atoms with van der Waals surface area (Å²) in [6.45, 7) is 1.49. The molecular formula is C8H9N5O3. The third-order valence-corrected chi connectivity index (χ3v) is 1.83. The zero-order valence-corrected chi connectivity index (χ0v) is 8.21. The Balaban J connectivity index is 1.92. The fourth-order valence-corrected chi connectivity index (χ4v) is 1.14. The van der Waals surface area contributed by atoms with Gasteiger partial charge in [-0.05, 0) is 6.07 Å². The lowest BCUT2D eigenvalue weighted by Gasteiger charge is -1.97. The van der Waals surface area contributed by atoms with Gasteiger partial charge in [-0.15, -0.1) is 0 Å². The van der Waals surface area contributed by atoms with Gasteiger partial charge in [0.25, 0.3) is 0 Å². The van der Waals surface area contributed by atoms with Crippen LogP contribution in [0.4, 0.5) is 5.88 Å². The first kappa shape index (κ1) is 10.1. The number of nitro groups is 1. The molecule has 8 heteroatoms. The lowest BCUT2D eigenvalue weighted by Crippen LogP contribution is -2.30. The molecule has 1 aliphatic rings. The Morgan fingerprint density at radius 3 is 3.19 bits per heavy atom. The minimum atomic E-state index is -0.604. The summed E-state index contributed by atoms with van der Waals surface area (Å²) < 4.78 is 4.86. The number of hydrazone groups is 1. The van der Waals surface area contributed by atoms with Gasteiger partial charge in [0, 0.05) is 6.54 Å². The van der Waals surface area contributed by atoms with E-state index < -0.39 is 4.92 Å². The van der Waals surface area contributed by atoms with Gasteiger partial charge in [0.05, 0.1) is 18.8 Å². The molecule has 0 bridgehead atoms. The topological polar surface area (TPSA) is 105 Å². The van der Waals surface area contributed by atoms with Crippen LogP contribution in [0.5, 0.6) is 0 Å². The second-order valence-corrected chi connectivity index (χ2v) is 2.96. The van der Waals surface area contributed by atoms with Gasteiger partial charge in [-0.1, -0.05) is 0 Å². The van der Waals surface area contributed by atoms with Crippen molar-refractivity contribution in [3.05, 3.63) is 28.0 Å². The highest BCUT2D eigenvalue weighted by atomic mass is 16.6. The molecule has 0 unspecified atom stereocenters. The molecule has 0 fully saturated rings. The third-order valence-electron chi connectivity index (χ3n) is 1.83. The number of furan rings is 1. The maximum Gasteiger partial charge on any atom is 0.433 e. The van der Waals surface area contributed by atoms with Crippen LogP contribution in [0, 0.1) is 10.1 Å². The van der Waals surface area contributed by atoms with Crippen LogP contribution >= 0.6 is 0 Å². The van der Waals surface area contributed by atoms with E-state index in [9.17, 15) is 10.1 Å². The maximum atomic E-state index is 10.3. The van der Waals surface area contributed by atoms with E-state index in [-0.39, 0.29) is 5.88 Å². The number of aliphatic imine (C=N–C) groups is 1.